The third-order valence-corrected chi connectivity index (χ3v) is 5.99. The fourth-order valence-corrected chi connectivity index (χ4v) is 4.19. The summed E-state index contributed by atoms with van der Waals surface area (Å²) in [5.74, 6) is 0.727. The van der Waals surface area contributed by atoms with Crippen LogP contribution in [0.4, 0.5) is 4.79 Å². The van der Waals surface area contributed by atoms with Crippen LogP contribution in [0.2, 0.25) is 0 Å². The number of carbonyl (C=O) groups is 1. The summed E-state index contributed by atoms with van der Waals surface area (Å²) in [4.78, 5) is 21.1. The zero-order valence-electron chi connectivity index (χ0n) is 17.1. The van der Waals surface area contributed by atoms with Crippen molar-refractivity contribution in [2.24, 2.45) is 5.41 Å². The van der Waals surface area contributed by atoms with Crippen molar-refractivity contribution < 1.29 is 19.5 Å². The van der Waals surface area contributed by atoms with Gasteiger partial charge in [-0.15, -0.1) is 0 Å². The Morgan fingerprint density at radius 3 is 2.47 bits per heavy atom. The van der Waals surface area contributed by atoms with Crippen LogP contribution >= 0.6 is 0 Å². The molecule has 2 aromatic heterocycles. The van der Waals surface area contributed by atoms with E-state index >= 15 is 0 Å². The SMILES string of the molecule is CC(C)c1ccc([C@](O)(c2cncc(-c3ncon3)c2)C2(C)CN(C(=O)O)C2)cc1. The van der Waals surface area contributed by atoms with Crippen molar-refractivity contribution in [3.63, 3.8) is 0 Å². The van der Waals surface area contributed by atoms with Crippen LogP contribution in [-0.2, 0) is 5.60 Å². The second kappa shape index (κ2) is 7.21. The molecule has 1 atom stereocenters. The molecule has 1 amide bonds. The topological polar surface area (TPSA) is 113 Å². The molecule has 8 heteroatoms. The predicted octanol–water partition coefficient (Wildman–Crippen LogP) is 3.49. The molecular formula is C22H24N4O4. The minimum Gasteiger partial charge on any atom is -0.465 e. The van der Waals surface area contributed by atoms with Crippen LogP contribution in [0.1, 0.15) is 43.4 Å². The molecule has 1 aliphatic rings. The molecule has 0 saturated carbocycles. The van der Waals surface area contributed by atoms with E-state index in [1.165, 1.54) is 11.3 Å². The third-order valence-electron chi connectivity index (χ3n) is 5.99. The maximum Gasteiger partial charge on any atom is 0.407 e. The lowest BCUT2D eigenvalue weighted by molar-refractivity contribution is -0.124. The molecule has 8 nitrogen and oxygen atoms in total. The van der Waals surface area contributed by atoms with E-state index in [2.05, 4.69) is 29.0 Å². The molecule has 0 radical (unpaired) electrons. The zero-order valence-corrected chi connectivity index (χ0v) is 17.1. The zero-order chi connectivity index (χ0) is 21.5. The molecule has 3 heterocycles. The molecule has 156 valence electrons. The summed E-state index contributed by atoms with van der Waals surface area (Å²) < 4.78 is 4.83. The van der Waals surface area contributed by atoms with Crippen LogP contribution in [0, 0.1) is 5.41 Å². The number of nitrogens with zero attached hydrogens (tertiary/aromatic N) is 4. The Balaban J connectivity index is 1.82. The smallest absolute Gasteiger partial charge is 0.407 e. The number of hydrogen-bond acceptors (Lipinski definition) is 6. The van der Waals surface area contributed by atoms with Crippen molar-refractivity contribution in [2.45, 2.75) is 32.3 Å². The number of aromatic nitrogens is 3. The van der Waals surface area contributed by atoms with Gasteiger partial charge >= 0.3 is 6.09 Å². The fraction of sp³-hybridized carbons (Fsp3) is 0.364. The van der Waals surface area contributed by atoms with E-state index in [1.54, 1.807) is 18.5 Å². The summed E-state index contributed by atoms with van der Waals surface area (Å²) in [7, 11) is 0. The second-order valence-electron chi connectivity index (χ2n) is 8.40. The van der Waals surface area contributed by atoms with Crippen LogP contribution < -0.4 is 0 Å². The minimum atomic E-state index is -1.46. The molecule has 30 heavy (non-hydrogen) atoms. The van der Waals surface area contributed by atoms with E-state index in [9.17, 15) is 15.0 Å². The van der Waals surface area contributed by atoms with Crippen molar-refractivity contribution >= 4 is 6.09 Å². The van der Waals surface area contributed by atoms with E-state index in [0.717, 1.165) is 5.56 Å². The molecule has 0 unspecified atom stereocenters. The highest BCUT2D eigenvalue weighted by Crippen LogP contribution is 2.50. The average Bonchev–Trinajstić information content (AvgIpc) is 3.25. The predicted molar refractivity (Wildman–Crippen MR) is 109 cm³/mol. The highest BCUT2D eigenvalue weighted by atomic mass is 16.5. The van der Waals surface area contributed by atoms with Gasteiger partial charge in [0.2, 0.25) is 12.2 Å². The Bertz CT molecular complexity index is 1040. The molecule has 2 N–H and O–H groups in total. The lowest BCUT2D eigenvalue weighted by Gasteiger charge is -2.55. The van der Waals surface area contributed by atoms with Crippen LogP contribution in [0.15, 0.2) is 53.6 Å². The van der Waals surface area contributed by atoms with Gasteiger partial charge in [-0.05, 0) is 23.1 Å². The van der Waals surface area contributed by atoms with Gasteiger partial charge in [-0.2, -0.15) is 4.98 Å². The molecule has 0 spiro atoms. The minimum absolute atomic E-state index is 0.206. The number of pyridine rings is 1. The number of aliphatic hydroxyl groups is 1. The quantitative estimate of drug-likeness (QED) is 0.664. The molecule has 1 saturated heterocycles. The lowest BCUT2D eigenvalue weighted by Crippen LogP contribution is -2.66. The van der Waals surface area contributed by atoms with Crippen LogP contribution in [0.25, 0.3) is 11.4 Å². The Morgan fingerprint density at radius 2 is 1.90 bits per heavy atom. The lowest BCUT2D eigenvalue weighted by atomic mass is 9.62. The first kappa shape index (κ1) is 20.0. The summed E-state index contributed by atoms with van der Waals surface area (Å²) in [5, 5.41) is 25.4. The first-order chi connectivity index (χ1) is 14.2. The van der Waals surface area contributed by atoms with Gasteiger partial charge < -0.3 is 19.6 Å². The van der Waals surface area contributed by atoms with E-state index in [1.807, 2.05) is 31.2 Å². The van der Waals surface area contributed by atoms with Gasteiger partial charge in [0.05, 0.1) is 0 Å². The first-order valence-electron chi connectivity index (χ1n) is 9.77. The summed E-state index contributed by atoms with van der Waals surface area (Å²) >= 11 is 0. The van der Waals surface area contributed by atoms with Crippen LogP contribution in [0.5, 0.6) is 0 Å². The number of carboxylic acid groups (broad SMARTS) is 1. The number of benzene rings is 1. The number of amides is 1. The molecule has 1 aromatic carbocycles. The highest BCUT2D eigenvalue weighted by molar-refractivity contribution is 5.67. The third kappa shape index (κ3) is 3.13. The van der Waals surface area contributed by atoms with E-state index < -0.39 is 17.1 Å². The van der Waals surface area contributed by atoms with Gasteiger partial charge in [-0.3, -0.25) is 4.98 Å². The Kier molecular flexibility index (Phi) is 4.82. The van der Waals surface area contributed by atoms with Crippen molar-refractivity contribution in [2.75, 3.05) is 13.1 Å². The largest absolute Gasteiger partial charge is 0.465 e. The summed E-state index contributed by atoms with van der Waals surface area (Å²) in [6.45, 7) is 6.52. The van der Waals surface area contributed by atoms with Crippen LogP contribution in [0.3, 0.4) is 0 Å². The number of rotatable bonds is 5. The number of hydrogen-bond donors (Lipinski definition) is 2. The van der Waals surface area contributed by atoms with Gasteiger partial charge in [0.15, 0.2) is 0 Å². The average molecular weight is 408 g/mol. The monoisotopic (exact) mass is 408 g/mol. The highest BCUT2D eigenvalue weighted by Gasteiger charge is 2.57. The number of likely N-dealkylation sites (tertiary alicyclic amines) is 1. The second-order valence-corrected chi connectivity index (χ2v) is 8.40. The first-order valence-corrected chi connectivity index (χ1v) is 9.77. The Morgan fingerprint density at radius 1 is 1.20 bits per heavy atom. The molecule has 4 rings (SSSR count). The molecule has 0 bridgehead atoms. The van der Waals surface area contributed by atoms with E-state index in [0.29, 0.717) is 28.4 Å². The normalized spacial score (nSPS) is 17.4. The molecule has 1 aliphatic heterocycles. The van der Waals surface area contributed by atoms with Gasteiger partial charge in [-0.1, -0.05) is 50.2 Å². The van der Waals surface area contributed by atoms with E-state index in [4.69, 9.17) is 4.52 Å². The van der Waals surface area contributed by atoms with Crippen molar-refractivity contribution in [3.8, 4) is 11.4 Å². The van der Waals surface area contributed by atoms with Crippen LogP contribution in [-0.4, -0.2) is 49.4 Å². The van der Waals surface area contributed by atoms with Gasteiger partial charge in [0.25, 0.3) is 0 Å². The van der Waals surface area contributed by atoms with E-state index in [-0.39, 0.29) is 13.1 Å². The van der Waals surface area contributed by atoms with Crippen molar-refractivity contribution in [3.05, 3.63) is 65.8 Å². The fourth-order valence-electron chi connectivity index (χ4n) is 4.19. The summed E-state index contributed by atoms with van der Waals surface area (Å²) in [5.41, 5.74) is 0.812. The molecule has 1 fully saturated rings. The van der Waals surface area contributed by atoms with Crippen molar-refractivity contribution in [1.29, 1.82) is 0 Å². The van der Waals surface area contributed by atoms with Crippen molar-refractivity contribution in [1.82, 2.24) is 20.0 Å². The Labute approximate surface area is 174 Å². The molecule has 3 aromatic rings. The maximum absolute atomic E-state index is 12.2. The Hall–Kier alpha value is -3.26. The standard InChI is InChI=1S/C22H24N4O4/c1-14(2)15-4-6-17(7-5-15)22(29,21(3)11-26(12-21)20(27)28)18-8-16(9-23-10-18)19-24-13-30-25-19/h4-10,13-14,29H,11-12H2,1-3H3,(H,27,28)/t22-/m0/s1. The molecular weight excluding hydrogens is 384 g/mol. The van der Waals surface area contributed by atoms with Gasteiger partial charge in [0, 0.05) is 42.0 Å². The summed E-state index contributed by atoms with van der Waals surface area (Å²) in [6, 6.07) is 9.59. The summed E-state index contributed by atoms with van der Waals surface area (Å²) in [6.07, 6.45) is 3.44. The maximum atomic E-state index is 12.2. The van der Waals surface area contributed by atoms with Gasteiger partial charge in [-0.25, -0.2) is 4.79 Å². The molecule has 0 aliphatic carbocycles. The van der Waals surface area contributed by atoms with Gasteiger partial charge in [0.1, 0.15) is 5.60 Å².